The van der Waals surface area contributed by atoms with Crippen LogP contribution in [0.4, 0.5) is 13.2 Å². The normalized spacial score (nSPS) is 12.2. The van der Waals surface area contributed by atoms with Gasteiger partial charge in [0, 0.05) is 4.50 Å². The van der Waals surface area contributed by atoms with E-state index in [1.54, 1.807) is 0 Å². The molecule has 1 rings (SSSR count). The van der Waals surface area contributed by atoms with Crippen molar-refractivity contribution in [1.29, 1.82) is 0 Å². The topological polar surface area (TPSA) is 0 Å². The lowest BCUT2D eigenvalue weighted by Crippen LogP contribution is -2.37. The molecule has 0 unspecified atom stereocenters. The van der Waals surface area contributed by atoms with Crippen LogP contribution in [0, 0.1) is 16.8 Å². The number of halogens is 3. The third-order valence-corrected chi connectivity index (χ3v) is 5.90. The molecule has 0 radical (unpaired) electrons. The summed E-state index contributed by atoms with van der Waals surface area (Å²) in [5, 5.41) is -1.04. The summed E-state index contributed by atoms with van der Waals surface area (Å²) in [7, 11) is -1.92. The van der Waals surface area contributed by atoms with Crippen molar-refractivity contribution >= 4 is 23.9 Å². The summed E-state index contributed by atoms with van der Waals surface area (Å²) in [4.78, 5) is 0. The van der Waals surface area contributed by atoms with Crippen molar-refractivity contribution in [2.24, 2.45) is 0 Å². The van der Waals surface area contributed by atoms with Gasteiger partial charge in [-0.1, -0.05) is 19.6 Å². The molecule has 0 amide bonds. The molecule has 0 aromatic carbocycles. The Morgan fingerprint density at radius 1 is 1.00 bits per heavy atom. The van der Waals surface area contributed by atoms with Crippen molar-refractivity contribution in [3.05, 3.63) is 16.8 Å². The molecule has 1 aromatic rings. The van der Waals surface area contributed by atoms with Crippen molar-refractivity contribution < 1.29 is 13.2 Å². The molecular formula is C7H9F3SSi. The van der Waals surface area contributed by atoms with Crippen molar-refractivity contribution in [2.45, 2.75) is 19.6 Å². The van der Waals surface area contributed by atoms with Gasteiger partial charge >= 0.3 is 0 Å². The van der Waals surface area contributed by atoms with E-state index in [-0.39, 0.29) is 4.50 Å². The molecular weight excluding hydrogens is 201 g/mol. The van der Waals surface area contributed by atoms with E-state index in [2.05, 4.69) is 0 Å². The Labute approximate surface area is 74.0 Å². The Bertz CT molecular complexity index is 300. The predicted octanol–water partition coefficient (Wildman–Crippen LogP) is 2.71. The van der Waals surface area contributed by atoms with Crippen molar-refractivity contribution in [2.75, 3.05) is 0 Å². The molecule has 0 saturated heterocycles. The smallest absolute Gasteiger partial charge is 0.203 e. The summed E-state index contributed by atoms with van der Waals surface area (Å²) in [6, 6.07) is 0. The lowest BCUT2D eigenvalue weighted by molar-refractivity contribution is 0.469. The van der Waals surface area contributed by atoms with E-state index >= 15 is 0 Å². The zero-order valence-electron chi connectivity index (χ0n) is 7.04. The van der Waals surface area contributed by atoms with Crippen molar-refractivity contribution in [1.82, 2.24) is 0 Å². The van der Waals surface area contributed by atoms with Crippen molar-refractivity contribution in [3.8, 4) is 0 Å². The number of hydrogen-bond acceptors (Lipinski definition) is 1. The second kappa shape index (κ2) is 2.88. The first kappa shape index (κ1) is 9.79. The average Bonchev–Trinajstić information content (AvgIpc) is 2.15. The van der Waals surface area contributed by atoms with E-state index in [1.165, 1.54) is 0 Å². The number of rotatable bonds is 1. The highest BCUT2D eigenvalue weighted by Gasteiger charge is 2.28. The van der Waals surface area contributed by atoms with E-state index in [0.29, 0.717) is 11.3 Å². The van der Waals surface area contributed by atoms with Crippen LogP contribution in [0.15, 0.2) is 0 Å². The second-order valence-corrected chi connectivity index (χ2v) is 9.92. The van der Waals surface area contributed by atoms with Gasteiger partial charge in [0.2, 0.25) is 10.9 Å². The highest BCUT2D eigenvalue weighted by Crippen LogP contribution is 2.19. The van der Waals surface area contributed by atoms with Crippen LogP contribution in [-0.2, 0) is 0 Å². The van der Waals surface area contributed by atoms with Gasteiger partial charge in [0.15, 0.2) is 5.82 Å². The standard InChI is InChI=1S/C7H9F3SSi/c1-12(2,3)7-5(9)4(8)6(10)11-7/h1-3H3. The zero-order chi connectivity index (χ0) is 9.52. The zero-order valence-corrected chi connectivity index (χ0v) is 8.86. The summed E-state index contributed by atoms with van der Waals surface area (Å²) in [6.45, 7) is 5.54. The highest BCUT2D eigenvalue weighted by atomic mass is 32.1. The molecule has 0 fully saturated rings. The molecule has 12 heavy (non-hydrogen) atoms. The summed E-state index contributed by atoms with van der Waals surface area (Å²) in [5.41, 5.74) is 0. The van der Waals surface area contributed by atoms with Crippen LogP contribution in [0.5, 0.6) is 0 Å². The first-order chi connectivity index (χ1) is 5.34. The summed E-state index contributed by atoms with van der Waals surface area (Å²) in [6.07, 6.45) is 0. The van der Waals surface area contributed by atoms with Gasteiger partial charge in [0.25, 0.3) is 0 Å². The molecule has 0 spiro atoms. The average molecular weight is 210 g/mol. The van der Waals surface area contributed by atoms with E-state index in [9.17, 15) is 13.2 Å². The van der Waals surface area contributed by atoms with E-state index < -0.39 is 24.8 Å². The summed E-state index contributed by atoms with van der Waals surface area (Å²) >= 11 is 0.593. The lowest BCUT2D eigenvalue weighted by Gasteiger charge is -2.12. The lowest BCUT2D eigenvalue weighted by atomic mass is 10.6. The maximum absolute atomic E-state index is 12.9. The highest BCUT2D eigenvalue weighted by molar-refractivity contribution is 7.25. The van der Waals surface area contributed by atoms with Gasteiger partial charge in [0.1, 0.15) is 0 Å². The van der Waals surface area contributed by atoms with E-state index in [0.717, 1.165) is 0 Å². The fourth-order valence-corrected chi connectivity index (χ4v) is 3.65. The van der Waals surface area contributed by atoms with Crippen LogP contribution < -0.4 is 4.50 Å². The fourth-order valence-electron chi connectivity index (χ4n) is 0.848. The molecule has 0 atom stereocenters. The van der Waals surface area contributed by atoms with Gasteiger partial charge in [-0.15, -0.1) is 11.3 Å². The SMILES string of the molecule is C[Si](C)(C)c1sc(F)c(F)c1F. The maximum atomic E-state index is 12.9. The third kappa shape index (κ3) is 1.56. The second-order valence-electron chi connectivity index (χ2n) is 3.58. The van der Waals surface area contributed by atoms with Gasteiger partial charge in [0.05, 0.1) is 8.07 Å². The molecule has 68 valence electrons. The van der Waals surface area contributed by atoms with Gasteiger partial charge in [-0.25, -0.2) is 4.39 Å². The molecule has 0 N–H and O–H groups in total. The van der Waals surface area contributed by atoms with E-state index in [4.69, 9.17) is 0 Å². The number of thiophene rings is 1. The predicted molar refractivity (Wildman–Crippen MR) is 47.2 cm³/mol. The first-order valence-electron chi connectivity index (χ1n) is 3.48. The monoisotopic (exact) mass is 210 g/mol. The van der Waals surface area contributed by atoms with E-state index in [1.807, 2.05) is 19.6 Å². The Hall–Kier alpha value is -0.293. The van der Waals surface area contributed by atoms with Gasteiger partial charge in [-0.2, -0.15) is 8.78 Å². The summed E-state index contributed by atoms with van der Waals surface area (Å²) < 4.78 is 38.3. The van der Waals surface area contributed by atoms with Crippen molar-refractivity contribution in [3.63, 3.8) is 0 Å². The molecule has 0 aliphatic rings. The Morgan fingerprint density at radius 2 is 1.50 bits per heavy atom. The van der Waals surface area contributed by atoms with Crippen LogP contribution in [0.3, 0.4) is 0 Å². The van der Waals surface area contributed by atoms with Crippen LogP contribution >= 0.6 is 11.3 Å². The molecule has 0 nitrogen and oxygen atoms in total. The minimum Gasteiger partial charge on any atom is -0.203 e. The Morgan fingerprint density at radius 3 is 1.67 bits per heavy atom. The minimum atomic E-state index is -1.92. The quantitative estimate of drug-likeness (QED) is 0.625. The Balaban J connectivity index is 3.28. The summed E-state index contributed by atoms with van der Waals surface area (Å²) in [5.74, 6) is -2.31. The van der Waals surface area contributed by atoms with Crippen LogP contribution in [0.25, 0.3) is 0 Å². The maximum Gasteiger partial charge on any atom is 0.215 e. The molecule has 1 aromatic heterocycles. The van der Waals surface area contributed by atoms with Gasteiger partial charge in [-0.3, -0.25) is 0 Å². The molecule has 0 bridgehead atoms. The largest absolute Gasteiger partial charge is 0.215 e. The third-order valence-electron chi connectivity index (χ3n) is 1.44. The van der Waals surface area contributed by atoms with Crippen LogP contribution in [0.2, 0.25) is 19.6 Å². The first-order valence-corrected chi connectivity index (χ1v) is 7.79. The molecule has 0 saturated carbocycles. The molecule has 1 heterocycles. The molecule has 0 aliphatic heterocycles. The van der Waals surface area contributed by atoms with Crippen LogP contribution in [0.1, 0.15) is 0 Å². The van der Waals surface area contributed by atoms with Gasteiger partial charge in [-0.05, 0) is 0 Å². The molecule has 5 heteroatoms. The number of hydrogen-bond donors (Lipinski definition) is 0. The minimum absolute atomic E-state index is 0.262. The van der Waals surface area contributed by atoms with Gasteiger partial charge < -0.3 is 0 Å². The Kier molecular flexibility index (Phi) is 2.35. The fraction of sp³-hybridized carbons (Fsp3) is 0.429. The van der Waals surface area contributed by atoms with Crippen LogP contribution in [-0.4, -0.2) is 8.07 Å². The molecule has 0 aliphatic carbocycles.